The van der Waals surface area contributed by atoms with Gasteiger partial charge >= 0.3 is 6.18 Å². The number of ether oxygens (including phenoxy) is 1. The molecule has 0 saturated carbocycles. The van der Waals surface area contributed by atoms with Crippen molar-refractivity contribution in [3.05, 3.63) is 47.8 Å². The number of hydrogen-bond donors (Lipinski definition) is 0. The maximum absolute atomic E-state index is 12.6. The Morgan fingerprint density at radius 3 is 2.80 bits per heavy atom. The third-order valence-electron chi connectivity index (χ3n) is 2.72. The van der Waals surface area contributed by atoms with Crippen molar-refractivity contribution in [3.63, 3.8) is 0 Å². The fourth-order valence-electron chi connectivity index (χ4n) is 1.77. The fourth-order valence-corrected chi connectivity index (χ4v) is 1.77. The van der Waals surface area contributed by atoms with Gasteiger partial charge in [-0.2, -0.15) is 18.3 Å². The first kappa shape index (κ1) is 14.4. The van der Waals surface area contributed by atoms with Crippen LogP contribution in [-0.4, -0.2) is 9.78 Å². The minimum atomic E-state index is -4.33. The Morgan fingerprint density at radius 2 is 2.10 bits per heavy atom. The van der Waals surface area contributed by atoms with Crippen molar-refractivity contribution in [1.29, 1.82) is 0 Å². The van der Waals surface area contributed by atoms with Crippen molar-refractivity contribution in [1.82, 2.24) is 9.78 Å². The van der Waals surface area contributed by atoms with Crippen LogP contribution >= 0.6 is 0 Å². The van der Waals surface area contributed by atoms with E-state index in [2.05, 4.69) is 5.10 Å². The van der Waals surface area contributed by atoms with Crippen LogP contribution in [0.15, 0.2) is 36.7 Å². The summed E-state index contributed by atoms with van der Waals surface area (Å²) in [5.74, 6) is 0.552. The molecule has 0 bridgehead atoms. The molecule has 6 heteroatoms. The average Bonchev–Trinajstić information content (AvgIpc) is 2.84. The summed E-state index contributed by atoms with van der Waals surface area (Å²) in [6.45, 7) is 2.90. The van der Waals surface area contributed by atoms with Crippen molar-refractivity contribution >= 4 is 0 Å². The first-order chi connectivity index (χ1) is 9.49. The summed E-state index contributed by atoms with van der Waals surface area (Å²) in [6, 6.07) is 5.12. The second-order valence-electron chi connectivity index (χ2n) is 4.43. The highest BCUT2D eigenvalue weighted by Gasteiger charge is 2.30. The van der Waals surface area contributed by atoms with E-state index in [1.165, 1.54) is 6.07 Å². The van der Waals surface area contributed by atoms with Crippen LogP contribution in [-0.2, 0) is 19.3 Å². The SMILES string of the molecule is CCCn1cc(OCc2cccc(C(F)(F)F)c2)cn1. The molecule has 0 amide bonds. The molecule has 20 heavy (non-hydrogen) atoms. The highest BCUT2D eigenvalue weighted by Crippen LogP contribution is 2.29. The van der Waals surface area contributed by atoms with Gasteiger partial charge in [0, 0.05) is 6.54 Å². The molecule has 2 aromatic rings. The minimum Gasteiger partial charge on any atom is -0.486 e. The molecule has 1 aromatic carbocycles. The van der Waals surface area contributed by atoms with Crippen LogP contribution in [0.25, 0.3) is 0 Å². The molecule has 0 radical (unpaired) electrons. The number of nitrogens with zero attached hydrogens (tertiary/aromatic N) is 2. The van der Waals surface area contributed by atoms with Crippen LogP contribution in [0, 0.1) is 0 Å². The molecule has 0 fully saturated rings. The van der Waals surface area contributed by atoms with Gasteiger partial charge in [-0.05, 0) is 24.1 Å². The molecular weight excluding hydrogens is 269 g/mol. The zero-order valence-corrected chi connectivity index (χ0v) is 11.0. The lowest BCUT2D eigenvalue weighted by Crippen LogP contribution is -2.06. The van der Waals surface area contributed by atoms with Crippen LogP contribution in [0.3, 0.4) is 0 Å². The Labute approximate surface area is 115 Å². The van der Waals surface area contributed by atoms with Crippen LogP contribution in [0.5, 0.6) is 5.75 Å². The van der Waals surface area contributed by atoms with Crippen molar-refractivity contribution < 1.29 is 17.9 Å². The Morgan fingerprint density at radius 1 is 1.30 bits per heavy atom. The van der Waals surface area contributed by atoms with E-state index in [-0.39, 0.29) is 6.61 Å². The predicted octanol–water partition coefficient (Wildman–Crippen LogP) is 3.89. The molecule has 1 aromatic heterocycles. The Kier molecular flexibility index (Phi) is 4.32. The molecule has 1 heterocycles. The van der Waals surface area contributed by atoms with E-state index in [1.54, 1.807) is 23.1 Å². The molecule has 0 unspecified atom stereocenters. The molecule has 3 nitrogen and oxygen atoms in total. The number of hydrogen-bond acceptors (Lipinski definition) is 2. The van der Waals surface area contributed by atoms with Crippen LogP contribution < -0.4 is 4.74 Å². The van der Waals surface area contributed by atoms with Gasteiger partial charge in [-0.3, -0.25) is 4.68 Å². The number of aromatic nitrogens is 2. The summed E-state index contributed by atoms with van der Waals surface area (Å²) < 4.78 is 44.9. The van der Waals surface area contributed by atoms with Crippen molar-refractivity contribution in [2.75, 3.05) is 0 Å². The summed E-state index contributed by atoms with van der Waals surface area (Å²) >= 11 is 0. The Hall–Kier alpha value is -1.98. The number of alkyl halides is 3. The average molecular weight is 284 g/mol. The van der Waals surface area contributed by atoms with Crippen LogP contribution in [0.2, 0.25) is 0 Å². The smallest absolute Gasteiger partial charge is 0.416 e. The third kappa shape index (κ3) is 3.76. The predicted molar refractivity (Wildman–Crippen MR) is 68.3 cm³/mol. The lowest BCUT2D eigenvalue weighted by atomic mass is 10.1. The van der Waals surface area contributed by atoms with E-state index in [0.29, 0.717) is 11.3 Å². The third-order valence-corrected chi connectivity index (χ3v) is 2.72. The maximum atomic E-state index is 12.6. The van der Waals surface area contributed by atoms with Gasteiger partial charge in [0.1, 0.15) is 6.61 Å². The van der Waals surface area contributed by atoms with Gasteiger partial charge in [0.2, 0.25) is 0 Å². The minimum absolute atomic E-state index is 0.0851. The summed E-state index contributed by atoms with van der Waals surface area (Å²) in [5, 5.41) is 4.09. The first-order valence-electron chi connectivity index (χ1n) is 6.30. The van der Waals surface area contributed by atoms with E-state index in [4.69, 9.17) is 4.74 Å². The van der Waals surface area contributed by atoms with Crippen LogP contribution in [0.4, 0.5) is 13.2 Å². The van der Waals surface area contributed by atoms with E-state index >= 15 is 0 Å². The summed E-state index contributed by atoms with van der Waals surface area (Å²) in [5.41, 5.74) is -0.191. The first-order valence-corrected chi connectivity index (χ1v) is 6.30. The fraction of sp³-hybridized carbons (Fsp3) is 0.357. The summed E-state index contributed by atoms with van der Waals surface area (Å²) in [6.07, 6.45) is -0.0862. The van der Waals surface area contributed by atoms with Gasteiger partial charge in [0.15, 0.2) is 5.75 Å². The van der Waals surface area contributed by atoms with Gasteiger partial charge in [-0.1, -0.05) is 19.1 Å². The normalized spacial score (nSPS) is 11.6. The van der Waals surface area contributed by atoms with Gasteiger partial charge in [0.05, 0.1) is 18.0 Å². The second-order valence-corrected chi connectivity index (χ2v) is 4.43. The van der Waals surface area contributed by atoms with E-state index < -0.39 is 11.7 Å². The zero-order valence-electron chi connectivity index (χ0n) is 11.0. The summed E-state index contributed by atoms with van der Waals surface area (Å²) in [7, 11) is 0. The molecule has 2 rings (SSSR count). The second kappa shape index (κ2) is 5.98. The van der Waals surface area contributed by atoms with Gasteiger partial charge in [0.25, 0.3) is 0 Å². The van der Waals surface area contributed by atoms with Gasteiger partial charge < -0.3 is 4.74 Å². The molecule has 0 spiro atoms. The zero-order chi connectivity index (χ0) is 14.6. The molecule has 108 valence electrons. The maximum Gasteiger partial charge on any atom is 0.416 e. The molecule has 0 N–H and O–H groups in total. The molecule has 0 aliphatic heterocycles. The number of rotatable bonds is 5. The van der Waals surface area contributed by atoms with Gasteiger partial charge in [-0.25, -0.2) is 0 Å². The number of aryl methyl sites for hydroxylation is 1. The standard InChI is InChI=1S/C14H15F3N2O/c1-2-6-19-9-13(8-18-19)20-10-11-4-3-5-12(7-11)14(15,16)17/h3-5,7-9H,2,6,10H2,1H3. The van der Waals surface area contributed by atoms with E-state index in [0.717, 1.165) is 25.1 Å². The number of benzene rings is 1. The van der Waals surface area contributed by atoms with Crippen molar-refractivity contribution in [3.8, 4) is 5.75 Å². The van der Waals surface area contributed by atoms with E-state index in [1.807, 2.05) is 6.92 Å². The Bertz CT molecular complexity index is 564. The van der Waals surface area contributed by atoms with E-state index in [9.17, 15) is 13.2 Å². The topological polar surface area (TPSA) is 27.1 Å². The monoisotopic (exact) mass is 284 g/mol. The largest absolute Gasteiger partial charge is 0.486 e. The molecule has 0 aliphatic rings. The van der Waals surface area contributed by atoms with Crippen molar-refractivity contribution in [2.24, 2.45) is 0 Å². The number of halogens is 3. The lowest BCUT2D eigenvalue weighted by molar-refractivity contribution is -0.137. The highest BCUT2D eigenvalue weighted by atomic mass is 19.4. The quantitative estimate of drug-likeness (QED) is 0.833. The molecular formula is C14H15F3N2O. The molecule has 0 saturated heterocycles. The Balaban J connectivity index is 1.99. The lowest BCUT2D eigenvalue weighted by Gasteiger charge is -2.09. The molecule has 0 aliphatic carbocycles. The highest BCUT2D eigenvalue weighted by molar-refractivity contribution is 5.25. The van der Waals surface area contributed by atoms with Crippen LogP contribution in [0.1, 0.15) is 24.5 Å². The summed E-state index contributed by atoms with van der Waals surface area (Å²) in [4.78, 5) is 0. The van der Waals surface area contributed by atoms with Gasteiger partial charge in [-0.15, -0.1) is 0 Å². The van der Waals surface area contributed by atoms with Crippen molar-refractivity contribution in [2.45, 2.75) is 32.7 Å². The molecule has 0 atom stereocenters.